The average molecular weight is 481 g/mol. The number of para-hydroxylation sites is 1. The molecule has 4 nitrogen and oxygen atoms in total. The van der Waals surface area contributed by atoms with E-state index in [2.05, 4.69) is 0 Å². The Kier molecular flexibility index (Phi) is 5.29. The number of hydrogen-bond acceptors (Lipinski definition) is 4. The molecule has 6 heteroatoms. The number of rotatable bonds is 3. The van der Waals surface area contributed by atoms with Crippen LogP contribution in [0.2, 0.25) is 0 Å². The van der Waals surface area contributed by atoms with Gasteiger partial charge in [0.05, 0.1) is 11.4 Å². The highest BCUT2D eigenvalue weighted by molar-refractivity contribution is 5.85. The Morgan fingerprint density at radius 1 is 0.750 bits per heavy atom. The molecule has 36 heavy (non-hydrogen) atoms. The van der Waals surface area contributed by atoms with E-state index >= 15 is 0 Å². The molecule has 5 aromatic rings. The lowest BCUT2D eigenvalue weighted by atomic mass is 9.92. The molecule has 1 aliphatic heterocycles. The molecular formula is C30H21F2NO3. The molecule has 0 spiro atoms. The van der Waals surface area contributed by atoms with Crippen molar-refractivity contribution in [2.45, 2.75) is 19.2 Å². The molecule has 1 aromatic heterocycles. The third kappa shape index (κ3) is 3.71. The van der Waals surface area contributed by atoms with Gasteiger partial charge in [0.15, 0.2) is 6.23 Å². The zero-order valence-electron chi connectivity index (χ0n) is 19.3. The maximum absolute atomic E-state index is 13.9. The number of hydrogen-bond donors (Lipinski definition) is 0. The van der Waals surface area contributed by atoms with Crippen molar-refractivity contribution in [2.24, 2.45) is 0 Å². The molecule has 1 aliphatic rings. The van der Waals surface area contributed by atoms with Crippen LogP contribution >= 0.6 is 0 Å². The first kappa shape index (κ1) is 22.0. The molecule has 2 heterocycles. The summed E-state index contributed by atoms with van der Waals surface area (Å²) in [5, 5.41) is 0.648. The molecule has 0 bridgehead atoms. The molecule has 0 saturated heterocycles. The third-order valence-electron chi connectivity index (χ3n) is 6.51. The molecule has 2 unspecified atom stereocenters. The van der Waals surface area contributed by atoms with E-state index in [4.69, 9.17) is 9.15 Å². The van der Waals surface area contributed by atoms with Crippen LogP contribution in [0, 0.1) is 18.6 Å². The highest BCUT2D eigenvalue weighted by Gasteiger charge is 2.41. The summed E-state index contributed by atoms with van der Waals surface area (Å²) >= 11 is 0. The van der Waals surface area contributed by atoms with E-state index in [0.717, 1.165) is 11.3 Å². The van der Waals surface area contributed by atoms with Gasteiger partial charge in [-0.2, -0.15) is 0 Å². The number of aryl methyl sites for hydroxylation is 1. The maximum Gasteiger partial charge on any atom is 0.345 e. The van der Waals surface area contributed by atoms with E-state index in [-0.39, 0.29) is 11.6 Å². The Bertz CT molecular complexity index is 1610. The molecule has 4 aromatic carbocycles. The van der Waals surface area contributed by atoms with Crippen LogP contribution in [-0.2, 0) is 0 Å². The number of ether oxygens (including phenoxy) is 1. The molecule has 0 fully saturated rings. The van der Waals surface area contributed by atoms with Gasteiger partial charge in [-0.15, -0.1) is 0 Å². The van der Waals surface area contributed by atoms with Crippen molar-refractivity contribution in [1.29, 1.82) is 0 Å². The van der Waals surface area contributed by atoms with Crippen molar-refractivity contribution in [3.05, 3.63) is 141 Å². The van der Waals surface area contributed by atoms with Gasteiger partial charge in [-0.3, -0.25) is 0 Å². The van der Waals surface area contributed by atoms with E-state index < -0.39 is 17.9 Å². The number of halogens is 2. The summed E-state index contributed by atoms with van der Waals surface area (Å²) < 4.78 is 40.1. The third-order valence-corrected chi connectivity index (χ3v) is 6.51. The summed E-state index contributed by atoms with van der Waals surface area (Å²) in [6.07, 6.45) is -0.707. The minimum Gasteiger partial charge on any atom is -0.465 e. The standard InChI is InChI=1S/C30H21F2NO3/c1-18-6-16-23(17-7-18)33-27(19-8-12-21(31)13-9-19)26-28(24-4-2-3-5-25(24)35-30(26)34)36-29(33)20-10-14-22(32)15-11-20/h2-17,27,29H,1H3. The largest absolute Gasteiger partial charge is 0.465 e. The van der Waals surface area contributed by atoms with Gasteiger partial charge in [-0.25, -0.2) is 13.6 Å². The summed E-state index contributed by atoms with van der Waals surface area (Å²) in [5.74, 6) is -0.347. The van der Waals surface area contributed by atoms with Gasteiger partial charge in [-0.1, -0.05) is 54.1 Å². The first-order valence-corrected chi connectivity index (χ1v) is 11.6. The fourth-order valence-electron chi connectivity index (χ4n) is 4.77. The molecule has 0 amide bonds. The van der Waals surface area contributed by atoms with Crippen molar-refractivity contribution in [3.63, 3.8) is 0 Å². The second-order valence-electron chi connectivity index (χ2n) is 8.85. The van der Waals surface area contributed by atoms with Crippen LogP contribution in [0.4, 0.5) is 14.5 Å². The summed E-state index contributed by atoms with van der Waals surface area (Å²) in [6, 6.07) is 26.5. The summed E-state index contributed by atoms with van der Waals surface area (Å²) in [4.78, 5) is 15.4. The first-order valence-electron chi connectivity index (χ1n) is 11.6. The summed E-state index contributed by atoms with van der Waals surface area (Å²) in [7, 11) is 0. The van der Waals surface area contributed by atoms with E-state index in [1.54, 1.807) is 36.4 Å². The van der Waals surface area contributed by atoms with E-state index in [1.165, 1.54) is 24.3 Å². The zero-order chi connectivity index (χ0) is 24.8. The highest BCUT2D eigenvalue weighted by Crippen LogP contribution is 2.48. The molecule has 0 aliphatic carbocycles. The Hall–Kier alpha value is -4.45. The van der Waals surface area contributed by atoms with Crippen molar-refractivity contribution in [1.82, 2.24) is 0 Å². The molecule has 0 radical (unpaired) electrons. The monoisotopic (exact) mass is 481 g/mol. The van der Waals surface area contributed by atoms with Crippen molar-refractivity contribution < 1.29 is 17.9 Å². The predicted octanol–water partition coefficient (Wildman–Crippen LogP) is 7.07. The number of fused-ring (bicyclic) bond motifs is 3. The van der Waals surface area contributed by atoms with Gasteiger partial charge >= 0.3 is 5.63 Å². The minimum atomic E-state index is -0.707. The minimum absolute atomic E-state index is 0.319. The fraction of sp³-hybridized carbons (Fsp3) is 0.100. The van der Waals surface area contributed by atoms with Crippen LogP contribution in [0.1, 0.15) is 34.5 Å². The van der Waals surface area contributed by atoms with Gasteiger partial charge < -0.3 is 14.1 Å². The maximum atomic E-state index is 13.9. The molecule has 0 N–H and O–H groups in total. The lowest BCUT2D eigenvalue weighted by molar-refractivity contribution is 0.169. The fourth-order valence-corrected chi connectivity index (χ4v) is 4.77. The lowest BCUT2D eigenvalue weighted by Gasteiger charge is -2.44. The van der Waals surface area contributed by atoms with Crippen LogP contribution in [0.3, 0.4) is 0 Å². The highest BCUT2D eigenvalue weighted by atomic mass is 19.1. The van der Waals surface area contributed by atoms with E-state index in [0.29, 0.717) is 33.4 Å². The quantitative estimate of drug-likeness (QED) is 0.259. The van der Waals surface area contributed by atoms with Crippen LogP contribution in [0.5, 0.6) is 5.75 Å². The van der Waals surface area contributed by atoms with E-state index in [1.807, 2.05) is 48.2 Å². The van der Waals surface area contributed by atoms with Gasteiger partial charge in [0.1, 0.15) is 28.5 Å². The number of benzene rings is 4. The molecule has 0 saturated carbocycles. The Morgan fingerprint density at radius 3 is 2.03 bits per heavy atom. The number of anilines is 1. The van der Waals surface area contributed by atoms with Gasteiger partial charge in [0.25, 0.3) is 0 Å². The first-order chi connectivity index (χ1) is 17.5. The van der Waals surface area contributed by atoms with Gasteiger partial charge in [0, 0.05) is 11.3 Å². The zero-order valence-corrected chi connectivity index (χ0v) is 19.3. The topological polar surface area (TPSA) is 42.7 Å². The summed E-state index contributed by atoms with van der Waals surface area (Å²) in [6.45, 7) is 1.99. The van der Waals surface area contributed by atoms with Crippen molar-refractivity contribution in [3.8, 4) is 5.75 Å². The van der Waals surface area contributed by atoms with Crippen LogP contribution in [0.15, 0.2) is 106 Å². The van der Waals surface area contributed by atoms with Crippen molar-refractivity contribution >= 4 is 16.7 Å². The van der Waals surface area contributed by atoms with Crippen molar-refractivity contribution in [2.75, 3.05) is 4.90 Å². The number of nitrogens with zero attached hydrogens (tertiary/aromatic N) is 1. The molecule has 2 atom stereocenters. The van der Waals surface area contributed by atoms with Gasteiger partial charge in [0.2, 0.25) is 0 Å². The SMILES string of the molecule is Cc1ccc(N2C(c3ccc(F)cc3)Oc3c(c(=O)oc4ccccc34)C2c2ccc(F)cc2)cc1. The van der Waals surface area contributed by atoms with E-state index in [9.17, 15) is 13.6 Å². The Labute approximate surface area is 206 Å². The van der Waals surface area contributed by atoms with Crippen LogP contribution in [-0.4, -0.2) is 0 Å². The molecule has 6 rings (SSSR count). The second kappa shape index (κ2) is 8.64. The molecular weight excluding hydrogens is 460 g/mol. The second-order valence-corrected chi connectivity index (χ2v) is 8.85. The Balaban J connectivity index is 1.68. The average Bonchev–Trinajstić information content (AvgIpc) is 2.89. The molecule has 178 valence electrons. The van der Waals surface area contributed by atoms with Gasteiger partial charge in [-0.05, 0) is 61.0 Å². The summed E-state index contributed by atoms with van der Waals surface area (Å²) in [5.41, 5.74) is 3.43. The normalized spacial score (nSPS) is 17.0. The lowest BCUT2D eigenvalue weighted by Crippen LogP contribution is -2.42. The van der Waals surface area contributed by atoms with Crippen LogP contribution < -0.4 is 15.3 Å². The predicted molar refractivity (Wildman–Crippen MR) is 134 cm³/mol. The van der Waals surface area contributed by atoms with Crippen LogP contribution in [0.25, 0.3) is 11.0 Å². The Morgan fingerprint density at radius 2 is 1.36 bits per heavy atom. The smallest absolute Gasteiger partial charge is 0.345 e.